The largest absolute Gasteiger partial charge is 0.342 e. The summed E-state index contributed by atoms with van der Waals surface area (Å²) in [5, 5.41) is 0. The monoisotopic (exact) mass is 337 g/mol. The van der Waals surface area contributed by atoms with Crippen LogP contribution in [0.2, 0.25) is 0 Å². The molecule has 0 atom stereocenters. The molecule has 1 aliphatic heterocycles. The Balaban J connectivity index is 1.19. The summed E-state index contributed by atoms with van der Waals surface area (Å²) in [5.74, 6) is 5.05. The van der Waals surface area contributed by atoms with Crippen molar-refractivity contribution in [2.45, 2.75) is 51.4 Å². The molecule has 0 spiro atoms. The zero-order valence-electron chi connectivity index (χ0n) is 15.3. The van der Waals surface area contributed by atoms with Crippen molar-refractivity contribution in [3.05, 3.63) is 35.9 Å². The Morgan fingerprint density at radius 1 is 0.880 bits per heavy atom. The van der Waals surface area contributed by atoms with Crippen molar-refractivity contribution in [1.82, 2.24) is 4.90 Å². The molecule has 5 fully saturated rings. The number of rotatable bonds is 3. The van der Waals surface area contributed by atoms with Gasteiger partial charge < -0.3 is 4.90 Å². The van der Waals surface area contributed by atoms with Crippen LogP contribution in [-0.2, 0) is 11.2 Å². The van der Waals surface area contributed by atoms with Crippen molar-refractivity contribution in [3.63, 3.8) is 0 Å². The Bertz CT molecular complexity index is 588. The molecule has 4 aliphatic carbocycles. The minimum absolute atomic E-state index is 0.387. The van der Waals surface area contributed by atoms with Crippen LogP contribution < -0.4 is 0 Å². The van der Waals surface area contributed by atoms with E-state index in [1.807, 2.05) is 0 Å². The lowest BCUT2D eigenvalue weighted by molar-refractivity contribution is -0.150. The second kappa shape index (κ2) is 6.45. The van der Waals surface area contributed by atoms with E-state index in [9.17, 15) is 4.79 Å². The highest BCUT2D eigenvalue weighted by Crippen LogP contribution is 2.57. The standard InChI is InChI=1S/C23H31NO/c25-23(22-20-12-18-11-19(14-20)15-21(22)13-18)24-8-6-17(7-9-24)10-16-4-2-1-3-5-16/h1-5,17-22H,6-15H2. The fraction of sp³-hybridized carbons (Fsp3) is 0.696. The number of likely N-dealkylation sites (tertiary alicyclic amines) is 1. The Hall–Kier alpha value is -1.31. The van der Waals surface area contributed by atoms with Crippen LogP contribution in [0.15, 0.2) is 30.3 Å². The van der Waals surface area contributed by atoms with Crippen molar-refractivity contribution in [2.24, 2.45) is 35.5 Å². The van der Waals surface area contributed by atoms with Gasteiger partial charge in [0.15, 0.2) is 0 Å². The number of hydrogen-bond acceptors (Lipinski definition) is 1. The third-order valence-electron chi connectivity index (χ3n) is 7.81. The maximum atomic E-state index is 13.3. The Kier molecular flexibility index (Phi) is 4.10. The summed E-state index contributed by atoms with van der Waals surface area (Å²) in [6, 6.07) is 10.9. The van der Waals surface area contributed by atoms with Crippen molar-refractivity contribution < 1.29 is 4.79 Å². The molecular weight excluding hydrogens is 306 g/mol. The van der Waals surface area contributed by atoms with Gasteiger partial charge in [-0.2, -0.15) is 0 Å². The highest BCUT2D eigenvalue weighted by molar-refractivity contribution is 5.80. The van der Waals surface area contributed by atoms with Crippen LogP contribution in [0.5, 0.6) is 0 Å². The molecule has 0 aromatic heterocycles. The van der Waals surface area contributed by atoms with Crippen LogP contribution >= 0.6 is 0 Å². The Labute approximate surface area is 152 Å². The van der Waals surface area contributed by atoms with Crippen molar-refractivity contribution >= 4 is 5.91 Å². The molecule has 0 N–H and O–H groups in total. The fourth-order valence-electron chi connectivity index (χ4n) is 6.84. The highest BCUT2D eigenvalue weighted by atomic mass is 16.2. The molecular formula is C23H31NO. The maximum Gasteiger partial charge on any atom is 0.226 e. The molecule has 0 unspecified atom stereocenters. The number of piperidine rings is 1. The molecule has 0 radical (unpaired) electrons. The summed E-state index contributed by atoms with van der Waals surface area (Å²) in [4.78, 5) is 15.5. The summed E-state index contributed by atoms with van der Waals surface area (Å²) in [7, 11) is 0. The smallest absolute Gasteiger partial charge is 0.226 e. The van der Waals surface area contributed by atoms with Gasteiger partial charge in [-0.25, -0.2) is 0 Å². The van der Waals surface area contributed by atoms with Crippen LogP contribution in [0.4, 0.5) is 0 Å². The van der Waals surface area contributed by atoms with Gasteiger partial charge in [-0.15, -0.1) is 0 Å². The van der Waals surface area contributed by atoms with Crippen LogP contribution in [0.1, 0.15) is 50.5 Å². The minimum atomic E-state index is 0.387. The first-order valence-electron chi connectivity index (χ1n) is 10.6. The molecule has 2 nitrogen and oxygen atoms in total. The zero-order valence-corrected chi connectivity index (χ0v) is 15.3. The van der Waals surface area contributed by atoms with E-state index in [2.05, 4.69) is 35.2 Å². The second-order valence-corrected chi connectivity index (χ2v) is 9.41. The number of benzene rings is 1. The van der Waals surface area contributed by atoms with E-state index in [0.29, 0.717) is 11.8 Å². The number of hydrogen-bond donors (Lipinski definition) is 0. The number of carbonyl (C=O) groups excluding carboxylic acids is 1. The van der Waals surface area contributed by atoms with Crippen molar-refractivity contribution in [3.8, 4) is 0 Å². The Morgan fingerprint density at radius 3 is 2.08 bits per heavy atom. The van der Waals surface area contributed by atoms with Gasteiger partial charge in [0, 0.05) is 19.0 Å². The summed E-state index contributed by atoms with van der Waals surface area (Å²) < 4.78 is 0. The molecule has 134 valence electrons. The molecule has 5 aliphatic rings. The predicted octanol–water partition coefficient (Wildman–Crippen LogP) is 4.54. The quantitative estimate of drug-likeness (QED) is 0.793. The van der Waals surface area contributed by atoms with Crippen LogP contribution in [0.3, 0.4) is 0 Å². The first kappa shape index (κ1) is 15.9. The molecule has 1 amide bonds. The number of carbonyl (C=O) groups is 1. The van der Waals surface area contributed by atoms with E-state index in [1.54, 1.807) is 0 Å². The van der Waals surface area contributed by atoms with Gasteiger partial charge in [0.25, 0.3) is 0 Å². The summed E-state index contributed by atoms with van der Waals surface area (Å²) in [6.45, 7) is 2.00. The van der Waals surface area contributed by atoms with E-state index in [4.69, 9.17) is 0 Å². The van der Waals surface area contributed by atoms with E-state index in [0.717, 1.165) is 42.7 Å². The fourth-order valence-corrected chi connectivity index (χ4v) is 6.84. The number of nitrogens with zero attached hydrogens (tertiary/aromatic N) is 1. The zero-order chi connectivity index (χ0) is 16.8. The van der Waals surface area contributed by atoms with E-state index >= 15 is 0 Å². The topological polar surface area (TPSA) is 20.3 Å². The molecule has 4 bridgehead atoms. The summed E-state index contributed by atoms with van der Waals surface area (Å²) >= 11 is 0. The third-order valence-corrected chi connectivity index (χ3v) is 7.81. The number of amides is 1. The van der Waals surface area contributed by atoms with Gasteiger partial charge in [0.1, 0.15) is 0 Å². The molecule has 1 heterocycles. The van der Waals surface area contributed by atoms with Gasteiger partial charge in [-0.05, 0) is 86.5 Å². The first-order valence-corrected chi connectivity index (χ1v) is 10.6. The first-order chi connectivity index (χ1) is 12.3. The summed E-state index contributed by atoms with van der Waals surface area (Å²) in [5.41, 5.74) is 1.45. The summed E-state index contributed by atoms with van der Waals surface area (Å²) in [6.07, 6.45) is 10.4. The van der Waals surface area contributed by atoms with Crippen LogP contribution in [0.25, 0.3) is 0 Å². The molecule has 1 saturated heterocycles. The van der Waals surface area contributed by atoms with E-state index in [1.165, 1.54) is 56.9 Å². The van der Waals surface area contributed by atoms with E-state index < -0.39 is 0 Å². The minimum Gasteiger partial charge on any atom is -0.342 e. The predicted molar refractivity (Wildman–Crippen MR) is 100.0 cm³/mol. The third kappa shape index (κ3) is 3.02. The van der Waals surface area contributed by atoms with Gasteiger partial charge in [0.2, 0.25) is 5.91 Å². The lowest BCUT2D eigenvalue weighted by Gasteiger charge is -2.54. The lowest BCUT2D eigenvalue weighted by atomic mass is 9.51. The molecule has 1 aromatic rings. The molecule has 4 saturated carbocycles. The SMILES string of the molecule is O=C(C1C2CC3CC(C2)CC1C3)N1CCC(Cc2ccccc2)CC1. The molecule has 2 heteroatoms. The van der Waals surface area contributed by atoms with Gasteiger partial charge >= 0.3 is 0 Å². The van der Waals surface area contributed by atoms with Crippen LogP contribution in [-0.4, -0.2) is 23.9 Å². The lowest BCUT2D eigenvalue weighted by Crippen LogP contribution is -2.53. The normalized spacial score (nSPS) is 37.4. The van der Waals surface area contributed by atoms with Gasteiger partial charge in [-0.1, -0.05) is 30.3 Å². The van der Waals surface area contributed by atoms with E-state index in [-0.39, 0.29) is 0 Å². The average Bonchev–Trinajstić information content (AvgIpc) is 2.62. The van der Waals surface area contributed by atoms with Crippen LogP contribution in [0, 0.1) is 35.5 Å². The van der Waals surface area contributed by atoms with Crippen molar-refractivity contribution in [1.29, 1.82) is 0 Å². The molecule has 1 aromatic carbocycles. The average molecular weight is 338 g/mol. The molecule has 25 heavy (non-hydrogen) atoms. The van der Waals surface area contributed by atoms with Crippen molar-refractivity contribution in [2.75, 3.05) is 13.1 Å². The second-order valence-electron chi connectivity index (χ2n) is 9.41. The maximum absolute atomic E-state index is 13.3. The highest BCUT2D eigenvalue weighted by Gasteiger charge is 2.51. The Morgan fingerprint density at radius 2 is 1.48 bits per heavy atom. The van der Waals surface area contributed by atoms with Gasteiger partial charge in [0.05, 0.1) is 0 Å². The van der Waals surface area contributed by atoms with Gasteiger partial charge in [-0.3, -0.25) is 4.79 Å². The molecule has 6 rings (SSSR count).